The first-order valence-electron chi connectivity index (χ1n) is 9.33. The number of halogens is 3. The van der Waals surface area contributed by atoms with E-state index in [1.807, 2.05) is 30.5 Å². The maximum absolute atomic E-state index is 12.0. The SMILES string of the molecule is COc1ccc(-n2c(C)cc(/C=N\NC(=O)C(=O)Nc3ccc(Cl)c(Cl)c3)c2C)cc1Cl. The molecule has 0 unspecified atom stereocenters. The number of methoxy groups -OCH3 is 1. The number of aryl methyl sites for hydroxylation is 1. The molecule has 1 heterocycles. The summed E-state index contributed by atoms with van der Waals surface area (Å²) in [7, 11) is 1.56. The predicted octanol–water partition coefficient (Wildman–Crippen LogP) is 5.15. The highest BCUT2D eigenvalue weighted by molar-refractivity contribution is 6.43. The number of nitrogens with one attached hydrogen (secondary N) is 2. The molecule has 0 radical (unpaired) electrons. The average molecular weight is 494 g/mol. The molecule has 3 aromatic rings. The maximum atomic E-state index is 12.0. The van der Waals surface area contributed by atoms with Crippen LogP contribution in [0.3, 0.4) is 0 Å². The number of hydrogen-bond acceptors (Lipinski definition) is 4. The van der Waals surface area contributed by atoms with E-state index in [1.54, 1.807) is 19.2 Å². The van der Waals surface area contributed by atoms with Crippen molar-refractivity contribution in [2.75, 3.05) is 12.4 Å². The van der Waals surface area contributed by atoms with Crippen LogP contribution in [0, 0.1) is 13.8 Å². The van der Waals surface area contributed by atoms with Gasteiger partial charge in [-0.25, -0.2) is 5.43 Å². The average Bonchev–Trinajstić information content (AvgIpc) is 3.03. The van der Waals surface area contributed by atoms with Gasteiger partial charge in [0.25, 0.3) is 0 Å². The third-order valence-corrected chi connectivity index (χ3v) is 5.65. The third-order valence-electron chi connectivity index (χ3n) is 4.62. The number of hydrazone groups is 1. The molecular formula is C22H19Cl3N4O3. The Kier molecular flexibility index (Phi) is 7.45. The summed E-state index contributed by atoms with van der Waals surface area (Å²) in [6.45, 7) is 3.84. The van der Waals surface area contributed by atoms with Gasteiger partial charge < -0.3 is 14.6 Å². The molecule has 7 nitrogen and oxygen atoms in total. The van der Waals surface area contributed by atoms with Crippen LogP contribution in [0.1, 0.15) is 17.0 Å². The van der Waals surface area contributed by atoms with Crippen molar-refractivity contribution in [2.24, 2.45) is 5.10 Å². The number of nitrogens with zero attached hydrogens (tertiary/aromatic N) is 2. The van der Waals surface area contributed by atoms with Crippen LogP contribution < -0.4 is 15.5 Å². The lowest BCUT2D eigenvalue weighted by atomic mass is 10.2. The first kappa shape index (κ1) is 23.7. The summed E-state index contributed by atoms with van der Waals surface area (Å²) in [6.07, 6.45) is 1.47. The minimum atomic E-state index is -0.928. The molecule has 0 bridgehead atoms. The summed E-state index contributed by atoms with van der Waals surface area (Å²) in [5.41, 5.74) is 5.98. The number of anilines is 1. The van der Waals surface area contributed by atoms with Crippen LogP contribution in [0.2, 0.25) is 15.1 Å². The summed E-state index contributed by atoms with van der Waals surface area (Å²) < 4.78 is 7.19. The number of aromatic nitrogens is 1. The van der Waals surface area contributed by atoms with E-state index in [0.717, 1.165) is 22.6 Å². The van der Waals surface area contributed by atoms with E-state index in [9.17, 15) is 9.59 Å². The number of carbonyl (C=O) groups excluding carboxylic acids is 2. The highest BCUT2D eigenvalue weighted by Crippen LogP contribution is 2.29. The Labute approximate surface area is 199 Å². The molecule has 2 amide bonds. The Bertz CT molecular complexity index is 1220. The number of amides is 2. The zero-order valence-electron chi connectivity index (χ0n) is 17.4. The number of hydrogen-bond donors (Lipinski definition) is 2. The van der Waals surface area contributed by atoms with Gasteiger partial charge in [-0.1, -0.05) is 34.8 Å². The Morgan fingerprint density at radius 1 is 0.969 bits per heavy atom. The van der Waals surface area contributed by atoms with E-state index in [-0.39, 0.29) is 5.02 Å². The molecule has 0 spiro atoms. The van der Waals surface area contributed by atoms with E-state index >= 15 is 0 Å². The molecule has 2 aromatic carbocycles. The minimum Gasteiger partial charge on any atom is -0.495 e. The van der Waals surface area contributed by atoms with Gasteiger partial charge in [-0.15, -0.1) is 0 Å². The second-order valence-electron chi connectivity index (χ2n) is 6.76. The summed E-state index contributed by atoms with van der Waals surface area (Å²) in [5, 5.41) is 7.42. The lowest BCUT2D eigenvalue weighted by Crippen LogP contribution is -2.32. The van der Waals surface area contributed by atoms with Gasteiger partial charge in [0.2, 0.25) is 0 Å². The van der Waals surface area contributed by atoms with Crippen LogP contribution in [-0.4, -0.2) is 29.7 Å². The Morgan fingerprint density at radius 3 is 2.38 bits per heavy atom. The molecular weight excluding hydrogens is 475 g/mol. The standard InChI is InChI=1S/C22H19Cl3N4O3/c1-12-8-14(13(2)29(12)16-5-7-20(32-3)19(25)10-16)11-26-28-22(31)21(30)27-15-4-6-17(23)18(24)9-15/h4-11H,1-3H3,(H,27,30)(H,28,31)/b26-11-. The van der Waals surface area contributed by atoms with E-state index in [0.29, 0.717) is 21.5 Å². The van der Waals surface area contributed by atoms with Gasteiger partial charge in [0.1, 0.15) is 5.75 Å². The molecule has 0 fully saturated rings. The van der Waals surface area contributed by atoms with Crippen LogP contribution in [0.15, 0.2) is 47.6 Å². The minimum absolute atomic E-state index is 0.261. The van der Waals surface area contributed by atoms with Crippen LogP contribution in [0.5, 0.6) is 5.75 Å². The fourth-order valence-electron chi connectivity index (χ4n) is 3.08. The molecule has 2 N–H and O–H groups in total. The van der Waals surface area contributed by atoms with Gasteiger partial charge in [-0.2, -0.15) is 5.10 Å². The molecule has 0 aliphatic carbocycles. The lowest BCUT2D eigenvalue weighted by molar-refractivity contribution is -0.136. The molecule has 0 atom stereocenters. The summed E-state index contributed by atoms with van der Waals surface area (Å²) in [5.74, 6) is -1.23. The van der Waals surface area contributed by atoms with Gasteiger partial charge in [0, 0.05) is 28.3 Å². The largest absolute Gasteiger partial charge is 0.495 e. The van der Waals surface area contributed by atoms with Crippen molar-refractivity contribution in [1.29, 1.82) is 0 Å². The molecule has 0 saturated heterocycles. The van der Waals surface area contributed by atoms with Gasteiger partial charge in [0.15, 0.2) is 0 Å². The smallest absolute Gasteiger partial charge is 0.329 e. The fourth-order valence-corrected chi connectivity index (χ4v) is 3.63. The first-order chi connectivity index (χ1) is 15.2. The van der Waals surface area contributed by atoms with Crippen LogP contribution in [0.4, 0.5) is 5.69 Å². The van der Waals surface area contributed by atoms with Gasteiger partial charge in [-0.3, -0.25) is 9.59 Å². The molecule has 0 aliphatic heterocycles. The van der Waals surface area contributed by atoms with Crippen LogP contribution in [0.25, 0.3) is 5.69 Å². The molecule has 3 rings (SSSR count). The highest BCUT2D eigenvalue weighted by Gasteiger charge is 2.15. The van der Waals surface area contributed by atoms with Crippen molar-refractivity contribution in [3.05, 3.63) is 74.5 Å². The van der Waals surface area contributed by atoms with Crippen molar-refractivity contribution < 1.29 is 14.3 Å². The second kappa shape index (κ2) is 10.1. The lowest BCUT2D eigenvalue weighted by Gasteiger charge is -2.11. The predicted molar refractivity (Wildman–Crippen MR) is 128 cm³/mol. The van der Waals surface area contributed by atoms with Crippen LogP contribution in [-0.2, 0) is 9.59 Å². The molecule has 0 saturated carbocycles. The number of ether oxygens (including phenoxy) is 1. The molecule has 166 valence electrons. The normalized spacial score (nSPS) is 10.9. The first-order valence-corrected chi connectivity index (χ1v) is 10.5. The van der Waals surface area contributed by atoms with Crippen molar-refractivity contribution in [3.8, 4) is 11.4 Å². The molecule has 32 heavy (non-hydrogen) atoms. The quantitative estimate of drug-likeness (QED) is 0.293. The van der Waals surface area contributed by atoms with Gasteiger partial charge in [-0.05, 0) is 56.3 Å². The van der Waals surface area contributed by atoms with Crippen molar-refractivity contribution >= 4 is 58.5 Å². The fraction of sp³-hybridized carbons (Fsp3) is 0.136. The summed E-state index contributed by atoms with van der Waals surface area (Å²) in [4.78, 5) is 24.1. The van der Waals surface area contributed by atoms with Gasteiger partial charge >= 0.3 is 11.8 Å². The zero-order valence-corrected chi connectivity index (χ0v) is 19.6. The van der Waals surface area contributed by atoms with E-state index < -0.39 is 11.8 Å². The van der Waals surface area contributed by atoms with E-state index in [4.69, 9.17) is 39.5 Å². The van der Waals surface area contributed by atoms with Gasteiger partial charge in [0.05, 0.1) is 28.4 Å². The molecule has 1 aromatic heterocycles. The van der Waals surface area contributed by atoms with E-state index in [1.165, 1.54) is 24.4 Å². The number of benzene rings is 2. The van der Waals surface area contributed by atoms with E-state index in [2.05, 4.69) is 15.8 Å². The van der Waals surface area contributed by atoms with Crippen molar-refractivity contribution in [3.63, 3.8) is 0 Å². The van der Waals surface area contributed by atoms with Crippen LogP contribution >= 0.6 is 34.8 Å². The Balaban J connectivity index is 1.69. The molecule has 10 heteroatoms. The highest BCUT2D eigenvalue weighted by atomic mass is 35.5. The monoisotopic (exact) mass is 492 g/mol. The maximum Gasteiger partial charge on any atom is 0.329 e. The summed E-state index contributed by atoms with van der Waals surface area (Å²) >= 11 is 18.0. The topological polar surface area (TPSA) is 84.7 Å². The number of carbonyl (C=O) groups is 2. The molecule has 0 aliphatic rings. The number of rotatable bonds is 5. The summed E-state index contributed by atoms with van der Waals surface area (Å²) in [6, 6.07) is 11.9. The van der Waals surface area contributed by atoms with Crippen molar-refractivity contribution in [2.45, 2.75) is 13.8 Å². The second-order valence-corrected chi connectivity index (χ2v) is 7.98. The zero-order chi connectivity index (χ0) is 23.4. The third kappa shape index (κ3) is 5.24. The Morgan fingerprint density at radius 2 is 1.72 bits per heavy atom. The van der Waals surface area contributed by atoms with Crippen molar-refractivity contribution in [1.82, 2.24) is 9.99 Å². The Hall–Kier alpha value is -3.00.